The number of piperidine rings is 1. The third kappa shape index (κ3) is 4.86. The van der Waals surface area contributed by atoms with Crippen LogP contribution in [0.5, 0.6) is 0 Å². The SMILES string of the molecule is CON(C(C)=O)C1CCC(C#N)N(CC(=O)N(N)/C(=N\N)C(=O)O)C1. The first-order chi connectivity index (χ1) is 11.8. The topological polar surface area (TPSA) is 179 Å². The number of amides is 2. The Labute approximate surface area is 144 Å². The number of nitriles is 1. The highest BCUT2D eigenvalue weighted by molar-refractivity contribution is 6.36. The average molecular weight is 355 g/mol. The summed E-state index contributed by atoms with van der Waals surface area (Å²) in [6, 6.07) is 1.14. The van der Waals surface area contributed by atoms with Crippen LogP contribution < -0.4 is 11.7 Å². The fourth-order valence-corrected chi connectivity index (χ4v) is 2.66. The van der Waals surface area contributed by atoms with Gasteiger partial charge in [-0.15, -0.1) is 0 Å². The lowest BCUT2D eigenvalue weighted by molar-refractivity contribution is -0.192. The van der Waals surface area contributed by atoms with Gasteiger partial charge < -0.3 is 10.9 Å². The highest BCUT2D eigenvalue weighted by atomic mass is 16.7. The minimum Gasteiger partial charge on any atom is -0.475 e. The van der Waals surface area contributed by atoms with Gasteiger partial charge in [0.25, 0.3) is 11.7 Å². The van der Waals surface area contributed by atoms with Crippen LogP contribution in [0.1, 0.15) is 19.8 Å². The predicted octanol–water partition coefficient (Wildman–Crippen LogP) is -2.19. The van der Waals surface area contributed by atoms with Crippen LogP contribution in [0.15, 0.2) is 5.10 Å². The Morgan fingerprint density at radius 1 is 1.44 bits per heavy atom. The molecule has 0 radical (unpaired) electrons. The van der Waals surface area contributed by atoms with Crippen molar-refractivity contribution in [1.29, 1.82) is 5.26 Å². The van der Waals surface area contributed by atoms with Crippen molar-refractivity contribution in [2.75, 3.05) is 20.2 Å². The fourth-order valence-electron chi connectivity index (χ4n) is 2.66. The van der Waals surface area contributed by atoms with Crippen LogP contribution in [0.2, 0.25) is 0 Å². The second-order valence-corrected chi connectivity index (χ2v) is 5.35. The Bertz CT molecular complexity index is 602. The van der Waals surface area contributed by atoms with Gasteiger partial charge in [-0.05, 0) is 12.8 Å². The normalized spacial score (nSPS) is 21.3. The monoisotopic (exact) mass is 355 g/mol. The van der Waals surface area contributed by atoms with E-state index in [0.29, 0.717) is 17.9 Å². The average Bonchev–Trinajstić information content (AvgIpc) is 2.55. The van der Waals surface area contributed by atoms with E-state index in [1.807, 2.05) is 0 Å². The molecule has 138 valence electrons. The summed E-state index contributed by atoms with van der Waals surface area (Å²) in [5.41, 5.74) is 0. The summed E-state index contributed by atoms with van der Waals surface area (Å²) in [5, 5.41) is 22.6. The molecule has 1 aliphatic heterocycles. The highest BCUT2D eigenvalue weighted by Gasteiger charge is 2.35. The van der Waals surface area contributed by atoms with Crippen LogP contribution in [0.4, 0.5) is 0 Å². The number of hydroxylamine groups is 2. The Hall–Kier alpha value is -2.75. The molecule has 0 aromatic heterocycles. The summed E-state index contributed by atoms with van der Waals surface area (Å²) in [7, 11) is 1.35. The van der Waals surface area contributed by atoms with E-state index in [9.17, 15) is 19.6 Å². The van der Waals surface area contributed by atoms with Crippen molar-refractivity contribution in [3.8, 4) is 6.07 Å². The number of nitrogens with zero attached hydrogens (tertiary/aromatic N) is 5. The lowest BCUT2D eigenvalue weighted by atomic mass is 9.98. The molecular weight excluding hydrogens is 334 g/mol. The summed E-state index contributed by atoms with van der Waals surface area (Å²) in [5.74, 6) is 6.86. The first-order valence-electron chi connectivity index (χ1n) is 7.33. The number of rotatable bonds is 4. The zero-order chi connectivity index (χ0) is 19.1. The van der Waals surface area contributed by atoms with Crippen molar-refractivity contribution >= 4 is 23.6 Å². The number of amidine groups is 1. The number of hydrogen-bond acceptors (Lipinski definition) is 9. The van der Waals surface area contributed by atoms with Gasteiger partial charge in [0.1, 0.15) is 0 Å². The summed E-state index contributed by atoms with van der Waals surface area (Å²) in [4.78, 5) is 41.3. The largest absolute Gasteiger partial charge is 0.475 e. The number of nitrogens with two attached hydrogens (primary N) is 2. The van der Waals surface area contributed by atoms with Crippen LogP contribution in [-0.2, 0) is 19.2 Å². The predicted molar refractivity (Wildman–Crippen MR) is 83.8 cm³/mol. The van der Waals surface area contributed by atoms with Crippen molar-refractivity contribution < 1.29 is 24.3 Å². The molecule has 12 heteroatoms. The van der Waals surface area contributed by atoms with Crippen molar-refractivity contribution in [1.82, 2.24) is 15.0 Å². The lowest BCUT2D eigenvalue weighted by Crippen LogP contribution is -2.57. The summed E-state index contributed by atoms with van der Waals surface area (Å²) in [6.45, 7) is 1.19. The minimum atomic E-state index is -1.56. The number of likely N-dealkylation sites (tertiary alicyclic amines) is 1. The molecule has 1 fully saturated rings. The van der Waals surface area contributed by atoms with E-state index < -0.39 is 23.8 Å². The maximum atomic E-state index is 12.2. The molecule has 5 N–H and O–H groups in total. The van der Waals surface area contributed by atoms with Gasteiger partial charge in [-0.2, -0.15) is 10.4 Å². The van der Waals surface area contributed by atoms with Gasteiger partial charge in [0.05, 0.1) is 31.8 Å². The van der Waals surface area contributed by atoms with Gasteiger partial charge in [-0.1, -0.05) is 0 Å². The van der Waals surface area contributed by atoms with Gasteiger partial charge in [0.2, 0.25) is 5.91 Å². The Balaban J connectivity index is 2.88. The van der Waals surface area contributed by atoms with Crippen molar-refractivity contribution in [2.45, 2.75) is 31.8 Å². The van der Waals surface area contributed by atoms with Gasteiger partial charge >= 0.3 is 5.97 Å². The van der Waals surface area contributed by atoms with Gasteiger partial charge in [0.15, 0.2) is 0 Å². The molecule has 25 heavy (non-hydrogen) atoms. The Kier molecular flexibility index (Phi) is 7.24. The molecule has 1 heterocycles. The second-order valence-electron chi connectivity index (χ2n) is 5.35. The number of hydrazine groups is 1. The van der Waals surface area contributed by atoms with Crippen molar-refractivity contribution in [2.24, 2.45) is 16.8 Å². The molecule has 0 aromatic rings. The van der Waals surface area contributed by atoms with Gasteiger partial charge in [0, 0.05) is 13.5 Å². The molecule has 1 aliphatic rings. The molecule has 2 unspecified atom stereocenters. The molecule has 1 saturated heterocycles. The molecule has 0 aliphatic carbocycles. The van der Waals surface area contributed by atoms with Gasteiger partial charge in [-0.3, -0.25) is 19.3 Å². The molecular formula is C13H21N7O5. The molecule has 2 amide bonds. The Morgan fingerprint density at radius 3 is 2.52 bits per heavy atom. The quantitative estimate of drug-likeness (QED) is 0.166. The molecule has 2 atom stereocenters. The van der Waals surface area contributed by atoms with Crippen LogP contribution in [0.3, 0.4) is 0 Å². The first kappa shape index (κ1) is 20.3. The molecule has 0 bridgehead atoms. The van der Waals surface area contributed by atoms with Crippen LogP contribution in [-0.4, -0.2) is 76.0 Å². The number of carbonyl (C=O) groups excluding carboxylic acids is 2. The van der Waals surface area contributed by atoms with E-state index in [1.165, 1.54) is 24.0 Å². The van der Waals surface area contributed by atoms with E-state index in [2.05, 4.69) is 11.2 Å². The molecule has 0 aromatic carbocycles. The third-order valence-electron chi connectivity index (χ3n) is 3.80. The highest BCUT2D eigenvalue weighted by Crippen LogP contribution is 2.21. The van der Waals surface area contributed by atoms with Crippen LogP contribution in [0, 0.1) is 11.3 Å². The maximum Gasteiger partial charge on any atom is 0.375 e. The van der Waals surface area contributed by atoms with E-state index in [0.717, 1.165) is 0 Å². The summed E-state index contributed by atoms with van der Waals surface area (Å²) >= 11 is 0. The second kappa shape index (κ2) is 8.92. The third-order valence-corrected chi connectivity index (χ3v) is 3.80. The standard InChI is InChI=1S/C13H21N7O5/c1-8(21)20(25-2)10-4-3-9(5-14)18(6-10)7-11(22)19(16)12(17-15)13(23)24/h9-10H,3-4,6-7,15-16H2,1-2H3,(H,23,24)/b17-12-. The molecule has 1 rings (SSSR count). The molecule has 12 nitrogen and oxygen atoms in total. The fraction of sp³-hybridized carbons (Fsp3) is 0.615. The minimum absolute atomic E-state index is 0.188. The number of aliphatic carboxylic acids is 1. The zero-order valence-corrected chi connectivity index (χ0v) is 14.0. The number of carboxylic acids is 1. The van der Waals surface area contributed by atoms with Crippen LogP contribution in [0.25, 0.3) is 0 Å². The molecule has 0 saturated carbocycles. The number of carbonyl (C=O) groups is 3. The van der Waals surface area contributed by atoms with Crippen molar-refractivity contribution in [3.63, 3.8) is 0 Å². The van der Waals surface area contributed by atoms with Gasteiger partial charge in [-0.25, -0.2) is 20.7 Å². The number of hydrogen-bond donors (Lipinski definition) is 3. The van der Waals surface area contributed by atoms with E-state index >= 15 is 0 Å². The lowest BCUT2D eigenvalue weighted by Gasteiger charge is -2.39. The van der Waals surface area contributed by atoms with E-state index in [-0.39, 0.29) is 25.0 Å². The number of hydrazone groups is 1. The summed E-state index contributed by atoms with van der Waals surface area (Å²) in [6.07, 6.45) is 0.927. The Morgan fingerprint density at radius 2 is 2.08 bits per heavy atom. The number of carboxylic acid groups (broad SMARTS) is 1. The van der Waals surface area contributed by atoms with Crippen LogP contribution >= 0.6 is 0 Å². The smallest absolute Gasteiger partial charge is 0.375 e. The zero-order valence-electron chi connectivity index (χ0n) is 14.0. The van der Waals surface area contributed by atoms with Crippen molar-refractivity contribution in [3.05, 3.63) is 0 Å². The first-order valence-corrected chi connectivity index (χ1v) is 7.33. The van der Waals surface area contributed by atoms with E-state index in [4.69, 9.17) is 21.6 Å². The molecule has 0 spiro atoms. The maximum absolute atomic E-state index is 12.2. The summed E-state index contributed by atoms with van der Waals surface area (Å²) < 4.78 is 0. The van der Waals surface area contributed by atoms with E-state index in [1.54, 1.807) is 0 Å².